The third kappa shape index (κ3) is 2.81. The van der Waals surface area contributed by atoms with Crippen LogP contribution >= 0.6 is 54.8 Å². The maximum Gasteiger partial charge on any atom is 0.171 e. The first-order valence-electron chi connectivity index (χ1n) is 5.52. The van der Waals surface area contributed by atoms with Gasteiger partial charge in [0.1, 0.15) is 5.15 Å². The molecule has 0 aliphatic heterocycles. The van der Waals surface area contributed by atoms with Crippen molar-refractivity contribution in [3.8, 4) is 22.0 Å². The number of rotatable bonds is 2. The summed E-state index contributed by atoms with van der Waals surface area (Å²) in [5, 5.41) is 4.56. The number of thiophene rings is 1. The molecule has 102 valence electrons. The second-order valence-corrected chi connectivity index (χ2v) is 7.65. The zero-order chi connectivity index (χ0) is 14.3. The van der Waals surface area contributed by atoms with E-state index >= 15 is 0 Å². The van der Waals surface area contributed by atoms with Gasteiger partial charge < -0.3 is 0 Å². The lowest BCUT2D eigenvalue weighted by atomic mass is 10.2. The molecule has 0 saturated carbocycles. The molecule has 3 rings (SSSR count). The summed E-state index contributed by atoms with van der Waals surface area (Å²) in [6.07, 6.45) is 3.64. The van der Waals surface area contributed by atoms with Gasteiger partial charge in [-0.25, -0.2) is 9.97 Å². The summed E-state index contributed by atoms with van der Waals surface area (Å²) in [7, 11) is 1.86. The maximum atomic E-state index is 6.11. The fourth-order valence-corrected chi connectivity index (χ4v) is 3.84. The van der Waals surface area contributed by atoms with Crippen molar-refractivity contribution in [3.05, 3.63) is 37.9 Å². The van der Waals surface area contributed by atoms with Crippen molar-refractivity contribution in [2.24, 2.45) is 7.05 Å². The zero-order valence-corrected chi connectivity index (χ0v) is 14.9. The van der Waals surface area contributed by atoms with E-state index in [2.05, 4.69) is 46.9 Å². The summed E-state index contributed by atoms with van der Waals surface area (Å²) in [4.78, 5) is 9.79. The number of hydrogen-bond donors (Lipinski definition) is 0. The molecular formula is C12H7Br2ClN4S. The second kappa shape index (κ2) is 5.55. The Balaban J connectivity index is 2.11. The van der Waals surface area contributed by atoms with E-state index in [1.807, 2.05) is 19.3 Å². The minimum Gasteiger partial charge on any atom is -0.275 e. The summed E-state index contributed by atoms with van der Waals surface area (Å²) >= 11 is 14.6. The van der Waals surface area contributed by atoms with Gasteiger partial charge in [0.25, 0.3) is 0 Å². The van der Waals surface area contributed by atoms with Crippen LogP contribution in [0.15, 0.2) is 32.8 Å². The van der Waals surface area contributed by atoms with Crippen LogP contribution in [0.25, 0.3) is 22.0 Å². The molecule has 3 heterocycles. The van der Waals surface area contributed by atoms with E-state index in [0.29, 0.717) is 11.0 Å². The molecule has 0 N–H and O–H groups in total. The summed E-state index contributed by atoms with van der Waals surface area (Å²) in [5.74, 6) is 0.604. The van der Waals surface area contributed by atoms with E-state index in [9.17, 15) is 0 Å². The summed E-state index contributed by atoms with van der Waals surface area (Å²) < 4.78 is 3.70. The summed E-state index contributed by atoms with van der Waals surface area (Å²) in [6, 6.07) is 3.70. The summed E-state index contributed by atoms with van der Waals surface area (Å²) in [5.41, 5.74) is 1.67. The molecule has 0 spiro atoms. The SMILES string of the molecule is Cn1cc(-c2cc(Cl)nc(-c3cc(Br)c(Br)s3)n2)cn1. The largest absolute Gasteiger partial charge is 0.275 e. The van der Waals surface area contributed by atoms with E-state index < -0.39 is 0 Å². The highest BCUT2D eigenvalue weighted by atomic mass is 79.9. The number of nitrogens with zero attached hydrogens (tertiary/aromatic N) is 4. The minimum atomic E-state index is 0.412. The first kappa shape index (κ1) is 14.2. The van der Waals surface area contributed by atoms with Gasteiger partial charge in [-0.1, -0.05) is 11.6 Å². The lowest BCUT2D eigenvalue weighted by Gasteiger charge is -2.01. The van der Waals surface area contributed by atoms with Gasteiger partial charge in [-0.2, -0.15) is 5.10 Å². The Hall–Kier alpha value is -0.760. The van der Waals surface area contributed by atoms with Crippen molar-refractivity contribution in [1.82, 2.24) is 19.7 Å². The number of halogens is 3. The quantitative estimate of drug-likeness (QED) is 0.545. The minimum absolute atomic E-state index is 0.412. The predicted octanol–water partition coefficient (Wildman–Crippen LogP) is 4.78. The molecule has 3 aromatic rings. The highest BCUT2D eigenvalue weighted by molar-refractivity contribution is 9.13. The first-order chi connectivity index (χ1) is 9.52. The molecule has 0 aliphatic rings. The monoisotopic (exact) mass is 432 g/mol. The maximum absolute atomic E-state index is 6.11. The molecule has 0 unspecified atom stereocenters. The van der Waals surface area contributed by atoms with Crippen LogP contribution < -0.4 is 0 Å². The average molecular weight is 435 g/mol. The summed E-state index contributed by atoms with van der Waals surface area (Å²) in [6.45, 7) is 0. The van der Waals surface area contributed by atoms with E-state index in [1.54, 1.807) is 28.3 Å². The molecule has 0 radical (unpaired) electrons. The van der Waals surface area contributed by atoms with Gasteiger partial charge in [0.2, 0.25) is 0 Å². The fraction of sp³-hybridized carbons (Fsp3) is 0.0833. The lowest BCUT2D eigenvalue weighted by molar-refractivity contribution is 0.768. The van der Waals surface area contributed by atoms with Crippen LogP contribution in [-0.2, 0) is 7.05 Å². The van der Waals surface area contributed by atoms with Gasteiger partial charge in [-0.05, 0) is 37.9 Å². The van der Waals surface area contributed by atoms with Crippen molar-refractivity contribution >= 4 is 54.8 Å². The van der Waals surface area contributed by atoms with Gasteiger partial charge >= 0.3 is 0 Å². The van der Waals surface area contributed by atoms with E-state index in [4.69, 9.17) is 11.6 Å². The second-order valence-electron chi connectivity index (χ2n) is 4.03. The van der Waals surface area contributed by atoms with Crippen LogP contribution in [0.2, 0.25) is 5.15 Å². The van der Waals surface area contributed by atoms with Gasteiger partial charge in [0, 0.05) is 29.3 Å². The van der Waals surface area contributed by atoms with Gasteiger partial charge in [0.15, 0.2) is 5.82 Å². The Morgan fingerprint density at radius 3 is 2.65 bits per heavy atom. The molecule has 3 aromatic heterocycles. The van der Waals surface area contributed by atoms with Crippen LogP contribution in [0.1, 0.15) is 0 Å². The smallest absolute Gasteiger partial charge is 0.171 e. The Morgan fingerprint density at radius 2 is 2.05 bits per heavy atom. The van der Waals surface area contributed by atoms with Crippen LogP contribution in [0.5, 0.6) is 0 Å². The molecule has 0 aliphatic carbocycles. The third-order valence-corrected chi connectivity index (χ3v) is 6.01. The Labute approximate surface area is 141 Å². The van der Waals surface area contributed by atoms with E-state index in [-0.39, 0.29) is 0 Å². The van der Waals surface area contributed by atoms with E-state index in [1.165, 1.54) is 0 Å². The van der Waals surface area contributed by atoms with Crippen LogP contribution in [-0.4, -0.2) is 19.7 Å². The molecule has 0 aromatic carbocycles. The Morgan fingerprint density at radius 1 is 1.25 bits per heavy atom. The molecular weight excluding hydrogens is 427 g/mol. The number of hydrogen-bond acceptors (Lipinski definition) is 4. The normalized spacial score (nSPS) is 11.0. The highest BCUT2D eigenvalue weighted by Crippen LogP contribution is 2.37. The first-order valence-corrected chi connectivity index (χ1v) is 8.30. The zero-order valence-electron chi connectivity index (χ0n) is 10.1. The predicted molar refractivity (Wildman–Crippen MR) is 88.0 cm³/mol. The fourth-order valence-electron chi connectivity index (χ4n) is 1.69. The van der Waals surface area contributed by atoms with E-state index in [0.717, 1.165) is 24.4 Å². The van der Waals surface area contributed by atoms with Crippen molar-refractivity contribution in [2.45, 2.75) is 0 Å². The number of aromatic nitrogens is 4. The standard InChI is InChI=1S/C12H7Br2ClN4S/c1-19-5-6(4-16-19)8-3-10(15)18-12(17-8)9-2-7(13)11(14)20-9/h2-5H,1H3. The van der Waals surface area contributed by atoms with Crippen LogP contribution in [0.3, 0.4) is 0 Å². The van der Waals surface area contributed by atoms with Crippen molar-refractivity contribution < 1.29 is 0 Å². The highest BCUT2D eigenvalue weighted by Gasteiger charge is 2.12. The third-order valence-electron chi connectivity index (χ3n) is 2.56. The topological polar surface area (TPSA) is 43.6 Å². The van der Waals surface area contributed by atoms with Crippen molar-refractivity contribution in [2.75, 3.05) is 0 Å². The molecule has 20 heavy (non-hydrogen) atoms. The Bertz CT molecular complexity index is 764. The van der Waals surface area contributed by atoms with Crippen LogP contribution in [0, 0.1) is 0 Å². The molecule has 4 nitrogen and oxygen atoms in total. The van der Waals surface area contributed by atoms with Gasteiger partial charge in [-0.15, -0.1) is 11.3 Å². The molecule has 0 saturated heterocycles. The molecule has 0 amide bonds. The van der Waals surface area contributed by atoms with Crippen molar-refractivity contribution in [1.29, 1.82) is 0 Å². The van der Waals surface area contributed by atoms with Crippen molar-refractivity contribution in [3.63, 3.8) is 0 Å². The van der Waals surface area contributed by atoms with Gasteiger partial charge in [-0.3, -0.25) is 4.68 Å². The molecule has 8 heteroatoms. The van der Waals surface area contributed by atoms with Gasteiger partial charge in [0.05, 0.1) is 20.6 Å². The average Bonchev–Trinajstić information content (AvgIpc) is 2.96. The molecule has 0 atom stereocenters. The lowest BCUT2D eigenvalue weighted by Crippen LogP contribution is -1.91. The van der Waals surface area contributed by atoms with Crippen LogP contribution in [0.4, 0.5) is 0 Å². The molecule has 0 fully saturated rings. The Kier molecular flexibility index (Phi) is 3.94. The number of aryl methyl sites for hydroxylation is 1. The molecule has 0 bridgehead atoms.